The molecule has 2 aromatic carbocycles. The summed E-state index contributed by atoms with van der Waals surface area (Å²) < 4.78 is 0. The molecule has 0 amide bonds. The van der Waals surface area contributed by atoms with Crippen molar-refractivity contribution in [2.75, 3.05) is 0 Å². The van der Waals surface area contributed by atoms with Gasteiger partial charge in [0.05, 0.1) is 15.4 Å². The molecule has 8 nitrogen and oxygen atoms in total. The van der Waals surface area contributed by atoms with Crippen LogP contribution in [-0.4, -0.2) is 20.9 Å². The minimum absolute atomic E-state index is 0.0408. The molecular formula is C13H8N2O6S2. The summed E-state index contributed by atoms with van der Waals surface area (Å²) in [4.78, 5) is 32.3. The first kappa shape index (κ1) is 16.8. The van der Waals surface area contributed by atoms with Crippen LogP contribution in [0.3, 0.4) is 0 Å². The number of nitrogens with zero attached hydrogens (tertiary/aromatic N) is 2. The molecule has 2 aromatic rings. The van der Waals surface area contributed by atoms with Crippen LogP contribution < -0.4 is 0 Å². The molecular weight excluding hydrogens is 344 g/mol. The molecule has 0 saturated heterocycles. The molecule has 0 aromatic heterocycles. The fourth-order valence-electron chi connectivity index (χ4n) is 1.59. The lowest BCUT2D eigenvalue weighted by atomic mass is 10.2. The largest absolute Gasteiger partial charge is 0.478 e. The first-order valence-corrected chi connectivity index (χ1v) is 8.14. The third-order valence-corrected chi connectivity index (χ3v) is 5.13. The van der Waals surface area contributed by atoms with Crippen LogP contribution in [0, 0.1) is 20.2 Å². The highest BCUT2D eigenvalue weighted by Gasteiger charge is 2.17. The van der Waals surface area contributed by atoms with Crippen LogP contribution >= 0.6 is 21.6 Å². The Morgan fingerprint density at radius 1 is 0.913 bits per heavy atom. The summed E-state index contributed by atoms with van der Waals surface area (Å²) in [6.07, 6.45) is 0. The molecule has 0 heterocycles. The van der Waals surface area contributed by atoms with E-state index in [0.29, 0.717) is 9.79 Å². The van der Waals surface area contributed by atoms with Gasteiger partial charge in [0, 0.05) is 34.1 Å². The van der Waals surface area contributed by atoms with Crippen LogP contribution in [-0.2, 0) is 0 Å². The predicted octanol–water partition coefficient (Wildman–Crippen LogP) is 4.00. The molecule has 23 heavy (non-hydrogen) atoms. The van der Waals surface area contributed by atoms with Crippen LogP contribution in [0.2, 0.25) is 0 Å². The van der Waals surface area contributed by atoms with Gasteiger partial charge in [-0.2, -0.15) is 0 Å². The van der Waals surface area contributed by atoms with Crippen molar-refractivity contribution >= 4 is 38.9 Å². The topological polar surface area (TPSA) is 124 Å². The first-order chi connectivity index (χ1) is 10.9. The van der Waals surface area contributed by atoms with E-state index in [4.69, 9.17) is 5.11 Å². The SMILES string of the molecule is O=C(O)c1cc([N+](=O)[O-])ccc1SSc1ccc([N+](=O)[O-])cc1. The Morgan fingerprint density at radius 2 is 1.48 bits per heavy atom. The van der Waals surface area contributed by atoms with Crippen molar-refractivity contribution < 1.29 is 19.7 Å². The molecule has 10 heteroatoms. The Balaban J connectivity index is 2.18. The first-order valence-electron chi connectivity index (χ1n) is 5.99. The van der Waals surface area contributed by atoms with E-state index in [0.717, 1.165) is 16.9 Å². The number of nitro groups is 2. The van der Waals surface area contributed by atoms with Gasteiger partial charge >= 0.3 is 5.97 Å². The summed E-state index contributed by atoms with van der Waals surface area (Å²) in [6, 6.07) is 9.37. The minimum Gasteiger partial charge on any atom is -0.478 e. The van der Waals surface area contributed by atoms with Crippen molar-refractivity contribution in [2.45, 2.75) is 9.79 Å². The number of hydrogen-bond donors (Lipinski definition) is 1. The minimum atomic E-state index is -1.26. The van der Waals surface area contributed by atoms with Crippen molar-refractivity contribution in [3.8, 4) is 0 Å². The second-order valence-electron chi connectivity index (χ2n) is 4.16. The molecule has 0 spiro atoms. The smallest absolute Gasteiger partial charge is 0.337 e. The monoisotopic (exact) mass is 352 g/mol. The number of carboxylic acid groups (broad SMARTS) is 1. The second-order valence-corrected chi connectivity index (χ2v) is 6.40. The van der Waals surface area contributed by atoms with Crippen molar-refractivity contribution in [3.63, 3.8) is 0 Å². The van der Waals surface area contributed by atoms with Gasteiger partial charge in [0.25, 0.3) is 11.4 Å². The standard InChI is InChI=1S/C13H8N2O6S2/c16-13(17)11-7-9(15(20)21)3-6-12(11)23-22-10-4-1-8(2-5-10)14(18)19/h1-7H,(H,16,17). The van der Waals surface area contributed by atoms with Gasteiger partial charge in [-0.05, 0) is 18.2 Å². The molecule has 0 atom stereocenters. The molecule has 0 fully saturated rings. The molecule has 0 aliphatic carbocycles. The molecule has 0 aliphatic rings. The zero-order chi connectivity index (χ0) is 17.0. The third-order valence-electron chi connectivity index (χ3n) is 2.68. The van der Waals surface area contributed by atoms with E-state index in [1.165, 1.54) is 35.1 Å². The summed E-state index contributed by atoms with van der Waals surface area (Å²) in [5, 5.41) is 30.4. The van der Waals surface area contributed by atoms with Gasteiger partial charge in [0.15, 0.2) is 0 Å². The Bertz CT molecular complexity index is 779. The molecule has 118 valence electrons. The van der Waals surface area contributed by atoms with Crippen molar-refractivity contribution in [2.24, 2.45) is 0 Å². The van der Waals surface area contributed by atoms with E-state index in [-0.39, 0.29) is 16.9 Å². The zero-order valence-electron chi connectivity index (χ0n) is 11.2. The lowest BCUT2D eigenvalue weighted by Gasteiger charge is -2.05. The maximum atomic E-state index is 11.2. The molecule has 1 N–H and O–H groups in total. The van der Waals surface area contributed by atoms with Gasteiger partial charge in [-0.1, -0.05) is 21.6 Å². The lowest BCUT2D eigenvalue weighted by Crippen LogP contribution is -2.00. The van der Waals surface area contributed by atoms with Gasteiger partial charge in [-0.3, -0.25) is 20.2 Å². The maximum Gasteiger partial charge on any atom is 0.337 e. The highest BCUT2D eigenvalue weighted by Crippen LogP contribution is 2.40. The Morgan fingerprint density at radius 3 is 2.00 bits per heavy atom. The molecule has 0 unspecified atom stereocenters. The summed E-state index contributed by atoms with van der Waals surface area (Å²) in [5.41, 5.74) is -0.508. The average Bonchev–Trinajstić information content (AvgIpc) is 2.52. The quantitative estimate of drug-likeness (QED) is 0.470. The number of aromatic carboxylic acids is 1. The summed E-state index contributed by atoms with van der Waals surface area (Å²) >= 11 is 0. The molecule has 2 rings (SSSR count). The fourth-order valence-corrected chi connectivity index (χ4v) is 3.71. The molecule has 0 bridgehead atoms. The Hall–Kier alpha value is -2.59. The van der Waals surface area contributed by atoms with Crippen LogP contribution in [0.25, 0.3) is 0 Å². The van der Waals surface area contributed by atoms with Gasteiger partial charge in [-0.25, -0.2) is 4.79 Å². The fraction of sp³-hybridized carbons (Fsp3) is 0. The zero-order valence-corrected chi connectivity index (χ0v) is 12.9. The Kier molecular flexibility index (Phi) is 5.19. The number of benzene rings is 2. The van der Waals surface area contributed by atoms with E-state index in [9.17, 15) is 25.0 Å². The van der Waals surface area contributed by atoms with Crippen LogP contribution in [0.15, 0.2) is 52.3 Å². The number of carboxylic acids is 1. The van der Waals surface area contributed by atoms with E-state index >= 15 is 0 Å². The van der Waals surface area contributed by atoms with Gasteiger partial charge in [-0.15, -0.1) is 0 Å². The number of nitro benzene ring substituents is 2. The Labute approximate surface area is 137 Å². The summed E-state index contributed by atoms with van der Waals surface area (Å²) in [6.45, 7) is 0. The third kappa shape index (κ3) is 4.20. The van der Waals surface area contributed by atoms with Crippen LogP contribution in [0.4, 0.5) is 11.4 Å². The molecule has 0 saturated carbocycles. The predicted molar refractivity (Wildman–Crippen MR) is 84.9 cm³/mol. The van der Waals surface area contributed by atoms with Crippen LogP contribution in [0.5, 0.6) is 0 Å². The second kappa shape index (κ2) is 7.11. The van der Waals surface area contributed by atoms with Gasteiger partial charge < -0.3 is 5.11 Å². The van der Waals surface area contributed by atoms with Crippen molar-refractivity contribution in [1.82, 2.24) is 0 Å². The van der Waals surface area contributed by atoms with Gasteiger partial charge in [0.1, 0.15) is 0 Å². The van der Waals surface area contributed by atoms with E-state index in [1.807, 2.05) is 0 Å². The number of hydrogen-bond acceptors (Lipinski definition) is 7. The maximum absolute atomic E-state index is 11.2. The van der Waals surface area contributed by atoms with Crippen LogP contribution in [0.1, 0.15) is 10.4 Å². The van der Waals surface area contributed by atoms with Gasteiger partial charge in [0.2, 0.25) is 0 Å². The lowest BCUT2D eigenvalue weighted by molar-refractivity contribution is -0.385. The number of rotatable bonds is 6. The molecule has 0 radical (unpaired) electrons. The van der Waals surface area contributed by atoms with Crippen molar-refractivity contribution in [1.29, 1.82) is 0 Å². The summed E-state index contributed by atoms with van der Waals surface area (Å²) in [7, 11) is 2.31. The molecule has 0 aliphatic heterocycles. The number of non-ortho nitro benzene ring substituents is 2. The van der Waals surface area contributed by atoms with Crippen molar-refractivity contribution in [3.05, 3.63) is 68.3 Å². The summed E-state index contributed by atoms with van der Waals surface area (Å²) in [5.74, 6) is -1.26. The van der Waals surface area contributed by atoms with E-state index in [1.54, 1.807) is 12.1 Å². The average molecular weight is 352 g/mol. The highest BCUT2D eigenvalue weighted by atomic mass is 33.1. The highest BCUT2D eigenvalue weighted by molar-refractivity contribution is 8.76. The van der Waals surface area contributed by atoms with E-state index < -0.39 is 15.8 Å². The number of carbonyl (C=O) groups is 1. The normalized spacial score (nSPS) is 10.3. The van der Waals surface area contributed by atoms with E-state index in [2.05, 4.69) is 0 Å².